The van der Waals surface area contributed by atoms with Gasteiger partial charge >= 0.3 is 0 Å². The zero-order valence-corrected chi connectivity index (χ0v) is 8.63. The van der Waals surface area contributed by atoms with Crippen molar-refractivity contribution < 1.29 is 0 Å². The number of nitrogens with one attached hydrogen (secondary N) is 1. The van der Waals surface area contributed by atoms with Crippen molar-refractivity contribution in [2.24, 2.45) is 0 Å². The van der Waals surface area contributed by atoms with Gasteiger partial charge in [-0.2, -0.15) is 0 Å². The van der Waals surface area contributed by atoms with E-state index >= 15 is 0 Å². The van der Waals surface area contributed by atoms with Gasteiger partial charge in [0.1, 0.15) is 5.82 Å². The van der Waals surface area contributed by atoms with Crippen molar-refractivity contribution in [3.8, 4) is 0 Å². The molecule has 4 heteroatoms. The average Bonchev–Trinajstić information content (AvgIpc) is 2.42. The van der Waals surface area contributed by atoms with E-state index in [2.05, 4.69) is 9.97 Å². The van der Waals surface area contributed by atoms with Crippen LogP contribution in [0, 0.1) is 6.92 Å². The van der Waals surface area contributed by atoms with Crippen LogP contribution in [0.25, 0.3) is 11.0 Å². The van der Waals surface area contributed by atoms with Crippen molar-refractivity contribution in [2.45, 2.75) is 6.92 Å². The number of aromatic nitrogens is 2. The molecule has 0 aliphatic rings. The summed E-state index contributed by atoms with van der Waals surface area (Å²) in [5.74, 6) is 0.912. The van der Waals surface area contributed by atoms with Gasteiger partial charge in [-0.1, -0.05) is 0 Å². The first-order valence-corrected chi connectivity index (χ1v) is 4.51. The molecule has 0 radical (unpaired) electrons. The number of benzene rings is 1. The molecule has 0 bridgehead atoms. The highest BCUT2D eigenvalue weighted by atomic mass is 15.1. The maximum absolute atomic E-state index is 5.91. The van der Waals surface area contributed by atoms with E-state index in [1.54, 1.807) is 0 Å². The number of imidazole rings is 1. The second-order valence-corrected chi connectivity index (χ2v) is 3.64. The van der Waals surface area contributed by atoms with Gasteiger partial charge in [0.05, 0.1) is 22.4 Å². The van der Waals surface area contributed by atoms with Crippen LogP contribution in [0.3, 0.4) is 0 Å². The van der Waals surface area contributed by atoms with E-state index in [0.29, 0.717) is 0 Å². The smallest absolute Gasteiger partial charge is 0.104 e. The first-order chi connectivity index (χ1) is 6.58. The lowest BCUT2D eigenvalue weighted by molar-refractivity contribution is 1.14. The van der Waals surface area contributed by atoms with Gasteiger partial charge in [-0.3, -0.25) is 0 Å². The first kappa shape index (κ1) is 8.87. The van der Waals surface area contributed by atoms with Crippen LogP contribution in [0.5, 0.6) is 0 Å². The van der Waals surface area contributed by atoms with Crippen molar-refractivity contribution >= 4 is 22.4 Å². The third-order valence-corrected chi connectivity index (χ3v) is 2.23. The summed E-state index contributed by atoms with van der Waals surface area (Å²) in [6.07, 6.45) is 0. The number of hydrogen-bond acceptors (Lipinski definition) is 3. The van der Waals surface area contributed by atoms with Crippen LogP contribution in [0.15, 0.2) is 12.1 Å². The minimum Gasteiger partial charge on any atom is -0.397 e. The lowest BCUT2D eigenvalue weighted by Crippen LogP contribution is -2.10. The van der Waals surface area contributed by atoms with Crippen molar-refractivity contribution in [3.05, 3.63) is 18.0 Å². The van der Waals surface area contributed by atoms with E-state index in [0.717, 1.165) is 28.2 Å². The van der Waals surface area contributed by atoms with E-state index in [-0.39, 0.29) is 0 Å². The Hall–Kier alpha value is -1.71. The van der Waals surface area contributed by atoms with Crippen molar-refractivity contribution in [1.29, 1.82) is 0 Å². The van der Waals surface area contributed by atoms with Gasteiger partial charge in [0.15, 0.2) is 0 Å². The molecule has 0 aliphatic carbocycles. The molecule has 2 rings (SSSR count). The molecule has 3 N–H and O–H groups in total. The van der Waals surface area contributed by atoms with Crippen LogP contribution in [-0.2, 0) is 0 Å². The molecule has 0 aliphatic heterocycles. The summed E-state index contributed by atoms with van der Waals surface area (Å²) in [5.41, 5.74) is 9.63. The molecular weight excluding hydrogens is 176 g/mol. The average molecular weight is 190 g/mol. The molecule has 0 atom stereocenters. The highest BCUT2D eigenvalue weighted by Crippen LogP contribution is 2.26. The van der Waals surface area contributed by atoms with Crippen molar-refractivity contribution in [3.63, 3.8) is 0 Å². The number of nitrogen functional groups attached to an aromatic ring is 1. The summed E-state index contributed by atoms with van der Waals surface area (Å²) in [7, 11) is 3.94. The number of fused-ring (bicyclic) bond motifs is 1. The molecule has 4 nitrogen and oxygen atoms in total. The predicted molar refractivity (Wildman–Crippen MR) is 59.6 cm³/mol. The SMILES string of the molecule is Cc1nc2cc(N(C)C)c(N)cc2[nH]1. The van der Waals surface area contributed by atoms with E-state index in [1.165, 1.54) is 0 Å². The molecule has 1 aromatic heterocycles. The highest BCUT2D eigenvalue weighted by Gasteiger charge is 2.06. The van der Waals surface area contributed by atoms with Gasteiger partial charge < -0.3 is 15.6 Å². The summed E-state index contributed by atoms with van der Waals surface area (Å²) >= 11 is 0. The number of H-pyrrole nitrogens is 1. The Morgan fingerprint density at radius 3 is 2.71 bits per heavy atom. The van der Waals surface area contributed by atoms with Gasteiger partial charge in [-0.15, -0.1) is 0 Å². The van der Waals surface area contributed by atoms with E-state index < -0.39 is 0 Å². The van der Waals surface area contributed by atoms with Gasteiger partial charge in [-0.25, -0.2) is 4.98 Å². The standard InChI is InChI=1S/C10H14N4/c1-6-12-8-4-7(11)10(14(2)3)5-9(8)13-6/h4-5H,11H2,1-3H3,(H,12,13). The third-order valence-electron chi connectivity index (χ3n) is 2.23. The minimum atomic E-state index is 0.770. The lowest BCUT2D eigenvalue weighted by Gasteiger charge is -2.14. The first-order valence-electron chi connectivity index (χ1n) is 4.51. The highest BCUT2D eigenvalue weighted by molar-refractivity contribution is 5.87. The summed E-state index contributed by atoms with van der Waals surface area (Å²) in [6, 6.07) is 3.92. The number of nitrogens with two attached hydrogens (primary N) is 1. The fourth-order valence-corrected chi connectivity index (χ4v) is 1.58. The van der Waals surface area contributed by atoms with Gasteiger partial charge in [0, 0.05) is 14.1 Å². The third kappa shape index (κ3) is 1.28. The Kier molecular flexibility index (Phi) is 1.84. The minimum absolute atomic E-state index is 0.770. The monoisotopic (exact) mass is 190 g/mol. The molecule has 0 saturated heterocycles. The van der Waals surface area contributed by atoms with Crippen molar-refractivity contribution in [2.75, 3.05) is 24.7 Å². The topological polar surface area (TPSA) is 57.9 Å². The summed E-state index contributed by atoms with van der Waals surface area (Å²) in [6.45, 7) is 1.94. The van der Waals surface area contributed by atoms with Crippen LogP contribution in [0.1, 0.15) is 5.82 Å². The van der Waals surface area contributed by atoms with Crippen LogP contribution < -0.4 is 10.6 Å². The fraction of sp³-hybridized carbons (Fsp3) is 0.300. The quantitative estimate of drug-likeness (QED) is 0.670. The van der Waals surface area contributed by atoms with Crippen molar-refractivity contribution in [1.82, 2.24) is 9.97 Å². The molecule has 14 heavy (non-hydrogen) atoms. The number of aryl methyl sites for hydroxylation is 1. The molecule has 0 fully saturated rings. The number of hydrogen-bond donors (Lipinski definition) is 2. The molecule has 0 spiro atoms. The number of rotatable bonds is 1. The molecule has 0 amide bonds. The Labute approximate surface area is 82.7 Å². The van der Waals surface area contributed by atoms with Gasteiger partial charge in [0.25, 0.3) is 0 Å². The van der Waals surface area contributed by atoms with E-state index in [9.17, 15) is 0 Å². The molecule has 0 saturated carbocycles. The maximum atomic E-state index is 5.91. The molecule has 2 aromatic rings. The second-order valence-electron chi connectivity index (χ2n) is 3.64. The van der Waals surface area contributed by atoms with Gasteiger partial charge in [-0.05, 0) is 19.1 Å². The summed E-state index contributed by atoms with van der Waals surface area (Å²) in [4.78, 5) is 9.50. The number of nitrogens with zero attached hydrogens (tertiary/aromatic N) is 2. The zero-order valence-electron chi connectivity index (χ0n) is 8.63. The Bertz CT molecular complexity index is 470. The largest absolute Gasteiger partial charge is 0.397 e. The normalized spacial score (nSPS) is 10.8. The second kappa shape index (κ2) is 2.90. The van der Waals surface area contributed by atoms with Crippen LogP contribution in [-0.4, -0.2) is 24.1 Å². The predicted octanol–water partition coefficient (Wildman–Crippen LogP) is 1.52. The lowest BCUT2D eigenvalue weighted by atomic mass is 10.2. The summed E-state index contributed by atoms with van der Waals surface area (Å²) in [5, 5.41) is 0. The maximum Gasteiger partial charge on any atom is 0.104 e. The molecule has 1 aromatic carbocycles. The molecule has 74 valence electrons. The fourth-order valence-electron chi connectivity index (χ4n) is 1.58. The molecular formula is C10H14N4. The van der Waals surface area contributed by atoms with E-state index in [4.69, 9.17) is 5.73 Å². The molecule has 1 heterocycles. The van der Waals surface area contributed by atoms with Gasteiger partial charge in [0.2, 0.25) is 0 Å². The summed E-state index contributed by atoms with van der Waals surface area (Å²) < 4.78 is 0. The van der Waals surface area contributed by atoms with E-state index in [1.807, 2.05) is 38.1 Å². The van der Waals surface area contributed by atoms with Crippen LogP contribution in [0.2, 0.25) is 0 Å². The Morgan fingerprint density at radius 1 is 1.36 bits per heavy atom. The Morgan fingerprint density at radius 2 is 2.07 bits per heavy atom. The molecule has 0 unspecified atom stereocenters. The zero-order chi connectivity index (χ0) is 10.3. The number of aromatic amines is 1. The van der Waals surface area contributed by atoms with Crippen LogP contribution >= 0.6 is 0 Å². The number of anilines is 2. The van der Waals surface area contributed by atoms with Crippen LogP contribution in [0.4, 0.5) is 11.4 Å². The Balaban J connectivity index is 2.70.